The molecule has 1 fully saturated rings. The summed E-state index contributed by atoms with van der Waals surface area (Å²) < 4.78 is 0. The lowest BCUT2D eigenvalue weighted by molar-refractivity contribution is -0.141. The first-order chi connectivity index (χ1) is 25.4. The highest BCUT2D eigenvalue weighted by atomic mass is 32.1. The SMILES string of the molecule is C/C=C\c1ccc(CC)cc1C.CC.CC.CCN1CCCC1CCNC(=O)C(Cc1cccs1)N(C)C(=O)CN(C)C(=O)/C=C/CC(N)(CC)CC. The van der Waals surface area contributed by atoms with E-state index in [1.807, 2.05) is 66.0 Å². The van der Waals surface area contributed by atoms with Crippen LogP contribution in [0, 0.1) is 6.92 Å². The van der Waals surface area contributed by atoms with Crippen LogP contribution in [-0.4, -0.2) is 90.3 Å². The fraction of sp³-hybridized carbons (Fsp3) is 0.614. The van der Waals surface area contributed by atoms with Crippen molar-refractivity contribution in [3.05, 3.63) is 75.5 Å². The lowest BCUT2D eigenvalue weighted by atomic mass is 9.90. The van der Waals surface area contributed by atoms with Crippen molar-refractivity contribution in [2.24, 2.45) is 5.73 Å². The first-order valence-electron chi connectivity index (χ1n) is 20.1. The summed E-state index contributed by atoms with van der Waals surface area (Å²) >= 11 is 1.57. The van der Waals surface area contributed by atoms with Gasteiger partial charge in [0.15, 0.2) is 0 Å². The molecule has 1 aliphatic rings. The van der Waals surface area contributed by atoms with Crippen LogP contribution in [0.2, 0.25) is 0 Å². The number of hydrogen-bond acceptors (Lipinski definition) is 6. The van der Waals surface area contributed by atoms with Gasteiger partial charge in [-0.25, -0.2) is 0 Å². The molecule has 0 saturated carbocycles. The Balaban J connectivity index is 0.00000141. The molecule has 1 aromatic heterocycles. The van der Waals surface area contributed by atoms with Crippen molar-refractivity contribution in [3.63, 3.8) is 0 Å². The third-order valence-corrected chi connectivity index (χ3v) is 10.7. The molecule has 8 nitrogen and oxygen atoms in total. The Hall–Kier alpha value is -3.27. The molecule has 0 spiro atoms. The Morgan fingerprint density at radius 3 is 2.30 bits per heavy atom. The van der Waals surface area contributed by atoms with Gasteiger partial charge in [-0.1, -0.05) is 97.9 Å². The summed E-state index contributed by atoms with van der Waals surface area (Å²) in [5, 5.41) is 5.04. The van der Waals surface area contributed by atoms with E-state index in [1.54, 1.807) is 31.5 Å². The summed E-state index contributed by atoms with van der Waals surface area (Å²) in [5.41, 5.74) is 10.1. The number of rotatable bonds is 17. The predicted molar refractivity (Wildman–Crippen MR) is 229 cm³/mol. The second kappa shape index (κ2) is 28.2. The van der Waals surface area contributed by atoms with Crippen LogP contribution in [0.15, 0.2) is 53.9 Å². The number of carbonyl (C=O) groups excluding carboxylic acids is 3. The Kier molecular flexibility index (Phi) is 26.5. The van der Waals surface area contributed by atoms with Crippen LogP contribution in [0.1, 0.15) is 122 Å². The van der Waals surface area contributed by atoms with Crippen molar-refractivity contribution in [1.82, 2.24) is 20.0 Å². The maximum atomic E-state index is 13.2. The monoisotopic (exact) mass is 754 g/mol. The van der Waals surface area contributed by atoms with Crippen LogP contribution < -0.4 is 11.1 Å². The molecule has 300 valence electrons. The highest BCUT2D eigenvalue weighted by Crippen LogP contribution is 2.20. The van der Waals surface area contributed by atoms with Crippen LogP contribution in [-0.2, 0) is 27.2 Å². The third kappa shape index (κ3) is 18.1. The van der Waals surface area contributed by atoms with Gasteiger partial charge in [0.05, 0.1) is 6.54 Å². The van der Waals surface area contributed by atoms with Gasteiger partial charge in [-0.3, -0.25) is 14.4 Å². The van der Waals surface area contributed by atoms with Crippen molar-refractivity contribution >= 4 is 35.1 Å². The summed E-state index contributed by atoms with van der Waals surface area (Å²) in [7, 11) is 3.25. The smallest absolute Gasteiger partial charge is 0.246 e. The lowest BCUT2D eigenvalue weighted by Gasteiger charge is -2.29. The Morgan fingerprint density at radius 2 is 1.75 bits per heavy atom. The molecular formula is C44H75N5O3S. The van der Waals surface area contributed by atoms with Gasteiger partial charge in [-0.05, 0) is 106 Å². The molecule has 2 heterocycles. The van der Waals surface area contributed by atoms with E-state index in [9.17, 15) is 14.4 Å². The largest absolute Gasteiger partial charge is 0.354 e. The molecule has 1 saturated heterocycles. The minimum atomic E-state index is -0.636. The normalized spacial score (nSPS) is 14.7. The van der Waals surface area contributed by atoms with E-state index >= 15 is 0 Å². The first-order valence-corrected chi connectivity index (χ1v) is 21.0. The summed E-state index contributed by atoms with van der Waals surface area (Å²) in [6, 6.07) is 10.4. The molecule has 1 aliphatic heterocycles. The van der Waals surface area contributed by atoms with Crippen molar-refractivity contribution in [2.75, 3.05) is 40.3 Å². The van der Waals surface area contributed by atoms with Crippen molar-refractivity contribution < 1.29 is 14.4 Å². The van der Waals surface area contributed by atoms with Gasteiger partial charge in [-0.2, -0.15) is 0 Å². The zero-order valence-corrected chi connectivity index (χ0v) is 36.3. The van der Waals surface area contributed by atoms with Crippen LogP contribution in [0.3, 0.4) is 0 Å². The number of carbonyl (C=O) groups is 3. The van der Waals surface area contributed by atoms with E-state index in [4.69, 9.17) is 5.73 Å². The number of thiophene rings is 1. The Morgan fingerprint density at radius 1 is 1.08 bits per heavy atom. The fourth-order valence-corrected chi connectivity index (χ4v) is 6.84. The van der Waals surface area contributed by atoms with Gasteiger partial charge in [-0.15, -0.1) is 11.3 Å². The lowest BCUT2D eigenvalue weighted by Crippen LogP contribution is -2.51. The van der Waals surface area contributed by atoms with Crippen molar-refractivity contribution in [3.8, 4) is 0 Å². The standard InChI is InChI=1S/C28H47N5O3S.C12H16.2C2H6/c1-6-28(29,7-2)16-9-14-25(34)31(4)21-26(35)32(5)24(20-23-13-11-19-37-23)27(36)30-17-15-22-12-10-18-33(22)8-3;1-4-6-12-8-7-11(5-2)9-10(12)3;2*1-2/h9,11,13-14,19,22,24H,6-8,10,12,15-18,20-21,29H2,1-5H3,(H,30,36);4,6-9H,5H2,1-3H3;2*1-2H3/b14-9+;6-4-;;. The summed E-state index contributed by atoms with van der Waals surface area (Å²) in [6.45, 7) is 23.3. The molecule has 3 N–H and O–H groups in total. The van der Waals surface area contributed by atoms with E-state index in [1.165, 1.54) is 45.4 Å². The summed E-state index contributed by atoms with van der Waals surface area (Å²) in [5.74, 6) is -0.686. The van der Waals surface area contributed by atoms with Crippen molar-refractivity contribution in [1.29, 1.82) is 0 Å². The first kappa shape index (κ1) is 49.7. The molecule has 9 heteroatoms. The van der Waals surface area contributed by atoms with Crippen molar-refractivity contribution in [2.45, 2.75) is 138 Å². The quantitative estimate of drug-likeness (QED) is 0.158. The van der Waals surface area contributed by atoms with Crippen LogP contribution in [0.25, 0.3) is 6.08 Å². The van der Waals surface area contributed by atoms with Gasteiger partial charge >= 0.3 is 0 Å². The number of allylic oxidation sites excluding steroid dienone is 1. The van der Waals surface area contributed by atoms with E-state index < -0.39 is 6.04 Å². The minimum Gasteiger partial charge on any atom is -0.354 e. The number of likely N-dealkylation sites (tertiary alicyclic amines) is 1. The zero-order chi connectivity index (χ0) is 40.4. The number of nitrogens with two attached hydrogens (primary N) is 1. The molecule has 1 aromatic carbocycles. The van der Waals surface area contributed by atoms with Gasteiger partial charge in [0.25, 0.3) is 0 Å². The molecule has 53 heavy (non-hydrogen) atoms. The second-order valence-electron chi connectivity index (χ2n) is 13.2. The fourth-order valence-electron chi connectivity index (χ4n) is 6.09. The molecule has 2 aromatic rings. The molecule has 2 unspecified atom stereocenters. The van der Waals surface area contributed by atoms with Crippen LogP contribution >= 0.6 is 11.3 Å². The van der Waals surface area contributed by atoms with Crippen LogP contribution in [0.4, 0.5) is 0 Å². The maximum absolute atomic E-state index is 13.2. The molecule has 0 bridgehead atoms. The van der Waals surface area contributed by atoms with E-state index in [0.29, 0.717) is 25.4 Å². The number of nitrogens with zero attached hydrogens (tertiary/aromatic N) is 3. The second-order valence-corrected chi connectivity index (χ2v) is 14.3. The van der Waals surface area contributed by atoms with Gasteiger partial charge in [0, 0.05) is 43.5 Å². The molecule has 0 aliphatic carbocycles. The highest BCUT2D eigenvalue weighted by Gasteiger charge is 2.29. The van der Waals surface area contributed by atoms with E-state index in [2.05, 4.69) is 61.3 Å². The average molecular weight is 754 g/mol. The summed E-state index contributed by atoms with van der Waals surface area (Å²) in [4.78, 5) is 45.3. The highest BCUT2D eigenvalue weighted by molar-refractivity contribution is 7.09. The zero-order valence-electron chi connectivity index (χ0n) is 35.5. The number of nitrogens with one attached hydrogen (secondary N) is 1. The van der Waals surface area contributed by atoms with E-state index in [0.717, 1.165) is 43.6 Å². The van der Waals surface area contributed by atoms with Gasteiger partial charge in [0.2, 0.25) is 17.7 Å². The molecule has 3 amide bonds. The number of hydrogen-bond donors (Lipinski definition) is 2. The maximum Gasteiger partial charge on any atom is 0.246 e. The predicted octanol–water partition coefficient (Wildman–Crippen LogP) is 8.67. The average Bonchev–Trinajstić information content (AvgIpc) is 3.88. The number of amides is 3. The number of aryl methyl sites for hydroxylation is 2. The number of likely N-dealkylation sites (N-methyl/N-ethyl adjacent to an activating group) is 2. The molecule has 0 radical (unpaired) electrons. The van der Waals surface area contributed by atoms with Crippen LogP contribution in [0.5, 0.6) is 0 Å². The van der Waals surface area contributed by atoms with Gasteiger partial charge in [0.1, 0.15) is 6.04 Å². The topological polar surface area (TPSA) is 99.0 Å². The minimum absolute atomic E-state index is 0.100. The van der Waals surface area contributed by atoms with E-state index in [-0.39, 0.29) is 29.8 Å². The molecule has 3 rings (SSSR count). The number of benzene rings is 1. The summed E-state index contributed by atoms with van der Waals surface area (Å²) in [6.07, 6.45) is 14.6. The Bertz CT molecular complexity index is 1350. The molecule has 2 atom stereocenters. The Labute approximate surface area is 328 Å². The third-order valence-electron chi connectivity index (χ3n) is 9.85. The molecular weight excluding hydrogens is 679 g/mol. The van der Waals surface area contributed by atoms with Gasteiger partial charge < -0.3 is 25.8 Å².